The monoisotopic (exact) mass is 226 g/mol. The molecule has 2 N–H and O–H groups in total. The number of hydrogen-bond acceptors (Lipinski definition) is 2. The zero-order valence-corrected chi connectivity index (χ0v) is 9.53. The minimum atomic E-state index is -0.875. The Kier molecular flexibility index (Phi) is 7.96. The maximum Gasteiger partial charge on any atom is 0.318 e. The first-order chi connectivity index (χ1) is 7.57. The first kappa shape index (κ1) is 14.5. The Morgan fingerprint density at radius 3 is 2.25 bits per heavy atom. The molecule has 0 aromatic rings. The lowest BCUT2D eigenvalue weighted by atomic mass is 10.0. The Morgan fingerprint density at radius 1 is 1.12 bits per heavy atom. The van der Waals surface area contributed by atoms with Crippen LogP contribution in [0.3, 0.4) is 0 Å². The molecular formula is C12H18O4. The molecule has 0 aliphatic carbocycles. The topological polar surface area (TPSA) is 74.6 Å². The highest BCUT2D eigenvalue weighted by molar-refractivity contribution is 5.73. The molecule has 90 valence electrons. The van der Waals surface area contributed by atoms with Crippen LogP contribution in [0.15, 0.2) is 0 Å². The lowest BCUT2D eigenvalue weighted by molar-refractivity contribution is -0.140. The van der Waals surface area contributed by atoms with E-state index < -0.39 is 17.9 Å². The van der Waals surface area contributed by atoms with Crippen molar-refractivity contribution in [3.63, 3.8) is 0 Å². The third-order valence-electron chi connectivity index (χ3n) is 2.25. The minimum absolute atomic E-state index is 0.192. The molecule has 0 saturated carbocycles. The van der Waals surface area contributed by atoms with Gasteiger partial charge in [-0.05, 0) is 19.8 Å². The Hall–Kier alpha value is -1.50. The number of carboxylic acids is 2. The van der Waals surface area contributed by atoms with Gasteiger partial charge in [-0.15, -0.1) is 5.92 Å². The van der Waals surface area contributed by atoms with Crippen LogP contribution in [-0.2, 0) is 9.59 Å². The number of carboxylic acid groups (broad SMARTS) is 2. The standard InChI is InChI=1S/C12H18O4/c1-2-7-10(12(15)16)8-5-3-4-6-9-11(13)14/h10H,3-6,8-9H2,1H3,(H,13,14)(H,15,16). The average Bonchev–Trinajstić information content (AvgIpc) is 2.20. The van der Waals surface area contributed by atoms with Crippen molar-refractivity contribution in [1.82, 2.24) is 0 Å². The Balaban J connectivity index is 3.58. The van der Waals surface area contributed by atoms with Crippen LogP contribution in [0.25, 0.3) is 0 Å². The van der Waals surface area contributed by atoms with Crippen molar-refractivity contribution in [3.8, 4) is 11.8 Å². The van der Waals surface area contributed by atoms with Gasteiger partial charge in [0, 0.05) is 6.42 Å². The van der Waals surface area contributed by atoms with E-state index in [0.717, 1.165) is 19.3 Å². The highest BCUT2D eigenvalue weighted by atomic mass is 16.4. The van der Waals surface area contributed by atoms with Gasteiger partial charge in [-0.2, -0.15) is 0 Å². The van der Waals surface area contributed by atoms with Gasteiger partial charge in [0.25, 0.3) is 0 Å². The average molecular weight is 226 g/mol. The molecule has 0 amide bonds. The van der Waals surface area contributed by atoms with Gasteiger partial charge in [0.05, 0.1) is 0 Å². The van der Waals surface area contributed by atoms with Gasteiger partial charge in [-0.25, -0.2) is 0 Å². The molecule has 0 aromatic heterocycles. The second-order valence-corrected chi connectivity index (χ2v) is 3.63. The van der Waals surface area contributed by atoms with Crippen LogP contribution in [0.2, 0.25) is 0 Å². The lowest BCUT2D eigenvalue weighted by Gasteiger charge is -2.04. The molecule has 0 bridgehead atoms. The Labute approximate surface area is 95.7 Å². The number of aliphatic carboxylic acids is 2. The summed E-state index contributed by atoms with van der Waals surface area (Å²) in [5.74, 6) is 3.02. The molecular weight excluding hydrogens is 208 g/mol. The van der Waals surface area contributed by atoms with E-state index in [9.17, 15) is 9.59 Å². The highest BCUT2D eigenvalue weighted by Gasteiger charge is 2.13. The molecule has 1 atom stereocenters. The molecule has 16 heavy (non-hydrogen) atoms. The van der Waals surface area contributed by atoms with Crippen molar-refractivity contribution >= 4 is 11.9 Å². The van der Waals surface area contributed by atoms with Crippen molar-refractivity contribution < 1.29 is 19.8 Å². The van der Waals surface area contributed by atoms with E-state index in [1.54, 1.807) is 6.92 Å². The van der Waals surface area contributed by atoms with E-state index in [-0.39, 0.29) is 6.42 Å². The van der Waals surface area contributed by atoms with Crippen LogP contribution in [0, 0.1) is 17.8 Å². The molecule has 0 heterocycles. The Morgan fingerprint density at radius 2 is 1.75 bits per heavy atom. The summed E-state index contributed by atoms with van der Waals surface area (Å²) in [6.45, 7) is 1.63. The zero-order valence-electron chi connectivity index (χ0n) is 9.53. The van der Waals surface area contributed by atoms with E-state index in [4.69, 9.17) is 10.2 Å². The van der Waals surface area contributed by atoms with Gasteiger partial charge in [0.15, 0.2) is 0 Å². The summed E-state index contributed by atoms with van der Waals surface area (Å²) >= 11 is 0. The Bertz CT molecular complexity index is 285. The van der Waals surface area contributed by atoms with E-state index in [1.165, 1.54) is 0 Å². The fourth-order valence-electron chi connectivity index (χ4n) is 1.41. The van der Waals surface area contributed by atoms with Gasteiger partial charge in [0.1, 0.15) is 5.92 Å². The van der Waals surface area contributed by atoms with Crippen LogP contribution in [0.5, 0.6) is 0 Å². The summed E-state index contributed by atoms with van der Waals surface area (Å²) in [6, 6.07) is 0. The number of rotatable bonds is 8. The summed E-state index contributed by atoms with van der Waals surface area (Å²) in [6.07, 6.45) is 3.87. The summed E-state index contributed by atoms with van der Waals surface area (Å²) < 4.78 is 0. The fraction of sp³-hybridized carbons (Fsp3) is 0.667. The predicted molar refractivity (Wildman–Crippen MR) is 59.9 cm³/mol. The highest BCUT2D eigenvalue weighted by Crippen LogP contribution is 2.11. The second-order valence-electron chi connectivity index (χ2n) is 3.63. The third kappa shape index (κ3) is 7.86. The van der Waals surface area contributed by atoms with Crippen LogP contribution in [-0.4, -0.2) is 22.2 Å². The van der Waals surface area contributed by atoms with Crippen molar-refractivity contribution in [2.24, 2.45) is 5.92 Å². The smallest absolute Gasteiger partial charge is 0.318 e. The third-order valence-corrected chi connectivity index (χ3v) is 2.25. The minimum Gasteiger partial charge on any atom is -0.481 e. The lowest BCUT2D eigenvalue weighted by Crippen LogP contribution is -2.11. The van der Waals surface area contributed by atoms with Crippen LogP contribution in [0.4, 0.5) is 0 Å². The van der Waals surface area contributed by atoms with E-state index in [0.29, 0.717) is 12.8 Å². The summed E-state index contributed by atoms with van der Waals surface area (Å²) in [7, 11) is 0. The molecule has 4 nitrogen and oxygen atoms in total. The molecule has 1 unspecified atom stereocenters. The maximum absolute atomic E-state index is 10.7. The molecule has 0 spiro atoms. The van der Waals surface area contributed by atoms with Gasteiger partial charge in [-0.3, -0.25) is 9.59 Å². The quantitative estimate of drug-likeness (QED) is 0.491. The van der Waals surface area contributed by atoms with E-state index in [1.807, 2.05) is 0 Å². The van der Waals surface area contributed by atoms with Crippen molar-refractivity contribution in [2.75, 3.05) is 0 Å². The number of carbonyl (C=O) groups is 2. The predicted octanol–water partition coefficient (Wildman–Crippen LogP) is 2.14. The molecule has 0 rings (SSSR count). The molecule has 0 aliphatic rings. The maximum atomic E-state index is 10.7. The molecule has 0 fully saturated rings. The molecule has 0 aromatic carbocycles. The zero-order chi connectivity index (χ0) is 12.4. The summed E-state index contributed by atoms with van der Waals surface area (Å²) in [5.41, 5.74) is 0. The SMILES string of the molecule is CC#CC(CCCCCCC(=O)O)C(=O)O. The molecule has 0 aliphatic heterocycles. The van der Waals surface area contributed by atoms with E-state index in [2.05, 4.69) is 11.8 Å². The summed E-state index contributed by atoms with van der Waals surface area (Å²) in [5, 5.41) is 17.2. The fourth-order valence-corrected chi connectivity index (χ4v) is 1.41. The van der Waals surface area contributed by atoms with Gasteiger partial charge < -0.3 is 10.2 Å². The molecule has 4 heteroatoms. The van der Waals surface area contributed by atoms with Gasteiger partial charge in [0.2, 0.25) is 0 Å². The van der Waals surface area contributed by atoms with Crippen molar-refractivity contribution in [2.45, 2.75) is 45.4 Å². The van der Waals surface area contributed by atoms with Crippen molar-refractivity contribution in [3.05, 3.63) is 0 Å². The van der Waals surface area contributed by atoms with Crippen molar-refractivity contribution in [1.29, 1.82) is 0 Å². The molecule has 0 radical (unpaired) electrons. The second kappa shape index (κ2) is 8.78. The van der Waals surface area contributed by atoms with Gasteiger partial charge >= 0.3 is 11.9 Å². The molecule has 0 saturated heterocycles. The summed E-state index contributed by atoms with van der Waals surface area (Å²) in [4.78, 5) is 20.9. The van der Waals surface area contributed by atoms with Crippen LogP contribution < -0.4 is 0 Å². The van der Waals surface area contributed by atoms with Crippen LogP contribution in [0.1, 0.15) is 45.4 Å². The first-order valence-electron chi connectivity index (χ1n) is 5.44. The van der Waals surface area contributed by atoms with Gasteiger partial charge in [-0.1, -0.05) is 25.2 Å². The van der Waals surface area contributed by atoms with E-state index >= 15 is 0 Å². The largest absolute Gasteiger partial charge is 0.481 e. The first-order valence-corrected chi connectivity index (χ1v) is 5.44. The van der Waals surface area contributed by atoms with Crippen LogP contribution >= 0.6 is 0 Å². The normalized spacial score (nSPS) is 11.3. The number of hydrogen-bond donors (Lipinski definition) is 2. The number of unbranched alkanes of at least 4 members (excludes halogenated alkanes) is 3.